The van der Waals surface area contributed by atoms with Crippen LogP contribution in [-0.2, 0) is 20.4 Å². The molecule has 0 atom stereocenters. The Kier molecular flexibility index (Phi) is 18.7. The summed E-state index contributed by atoms with van der Waals surface area (Å²) in [6.07, 6.45) is 6.60. The van der Waals surface area contributed by atoms with Crippen LogP contribution in [0.5, 0.6) is 23.0 Å². The van der Waals surface area contributed by atoms with Crippen LogP contribution >= 0.6 is 0 Å². The van der Waals surface area contributed by atoms with Crippen molar-refractivity contribution in [1.29, 1.82) is 0 Å². The van der Waals surface area contributed by atoms with Crippen LogP contribution < -0.4 is 10.2 Å². The molecule has 4 rings (SSSR count). The van der Waals surface area contributed by atoms with E-state index in [4.69, 9.17) is 30.4 Å². The van der Waals surface area contributed by atoms with Crippen LogP contribution in [0.25, 0.3) is 0 Å². The molecule has 4 N–H and O–H groups in total. The molecular weight excluding hydrogens is 719 g/mol. The van der Waals surface area contributed by atoms with Gasteiger partial charge in [0.15, 0.2) is 23.0 Å². The van der Waals surface area contributed by atoms with Crippen LogP contribution in [0.2, 0.25) is 0 Å². The van der Waals surface area contributed by atoms with Crippen molar-refractivity contribution >= 4 is 34.7 Å². The number of phenols is 4. The number of para-hydroxylation sites is 2. The van der Waals surface area contributed by atoms with E-state index >= 15 is 0 Å². The van der Waals surface area contributed by atoms with Gasteiger partial charge in [-0.1, -0.05) is 75.2 Å². The molecule has 262 valence electrons. The maximum Gasteiger partial charge on any atom is 2.00 e. The molecule has 0 fully saturated rings. The van der Waals surface area contributed by atoms with Crippen molar-refractivity contribution in [1.82, 2.24) is 0 Å². The van der Waals surface area contributed by atoms with E-state index in [1.807, 2.05) is 36.4 Å². The predicted molar refractivity (Wildman–Crippen MR) is 184 cm³/mol. The number of carboxylic acids is 2. The van der Waals surface area contributed by atoms with Gasteiger partial charge in [0.2, 0.25) is 0 Å². The van der Waals surface area contributed by atoms with Gasteiger partial charge in [0.1, 0.15) is 0 Å². The fraction of sp³-hybridized carbons (Fsp3) is 0.263. The van der Waals surface area contributed by atoms with Gasteiger partial charge in [0.05, 0.1) is 34.7 Å². The summed E-state index contributed by atoms with van der Waals surface area (Å²) in [5.41, 5.74) is 4.28. The van der Waals surface area contributed by atoms with Crippen molar-refractivity contribution < 1.29 is 60.7 Å². The molecule has 49 heavy (non-hydrogen) atoms. The van der Waals surface area contributed by atoms with Crippen LogP contribution in [0.4, 0.5) is 11.4 Å². The Hall–Kier alpha value is -4.98. The van der Waals surface area contributed by atoms with Gasteiger partial charge in [-0.15, -0.1) is 0 Å². The number of phenolic OH excluding ortho intramolecular Hbond substituents is 2. The summed E-state index contributed by atoms with van der Waals surface area (Å²) in [5.74, 6) is -5.20. The number of carboxylic acid groups (broad SMARTS) is 2. The fourth-order valence-electron chi connectivity index (χ4n) is 4.41. The number of nitrogens with zero attached hydrogens (tertiary/aromatic N) is 2. The van der Waals surface area contributed by atoms with Crippen LogP contribution in [0, 0.1) is 13.8 Å². The van der Waals surface area contributed by atoms with Gasteiger partial charge >= 0.3 is 20.4 Å². The summed E-state index contributed by atoms with van der Waals surface area (Å²) in [6.45, 7) is 7.45. The second-order valence-electron chi connectivity index (χ2n) is 10.8. The van der Waals surface area contributed by atoms with Gasteiger partial charge in [0.25, 0.3) is 0 Å². The number of aromatic hydroxyl groups is 4. The average Bonchev–Trinajstić information content (AvgIpc) is 3.06. The molecule has 0 saturated heterocycles. The number of carbonyl (C=O) groups is 2. The Bertz CT molecular complexity index is 1580. The number of benzene rings is 4. The molecule has 0 aliphatic heterocycles. The van der Waals surface area contributed by atoms with Crippen molar-refractivity contribution in [2.45, 2.75) is 66.2 Å². The van der Waals surface area contributed by atoms with Crippen LogP contribution in [0.15, 0.2) is 94.9 Å². The summed E-state index contributed by atoms with van der Waals surface area (Å²) in [5, 5.41) is 56.8. The minimum absolute atomic E-state index is 0. The normalized spacial score (nSPS) is 10.9. The van der Waals surface area contributed by atoms with Crippen molar-refractivity contribution in [3.8, 4) is 23.0 Å². The third kappa shape index (κ3) is 13.6. The number of aromatic carboxylic acids is 2. The third-order valence-corrected chi connectivity index (χ3v) is 7.05. The first-order valence-electron chi connectivity index (χ1n) is 15.6. The zero-order valence-electron chi connectivity index (χ0n) is 28.0. The van der Waals surface area contributed by atoms with Crippen LogP contribution in [-0.4, -0.2) is 43.8 Å². The smallest absolute Gasteiger partial charge is 0.545 e. The summed E-state index contributed by atoms with van der Waals surface area (Å²) < 4.78 is 0. The molecule has 0 aromatic heterocycles. The molecule has 0 radical (unpaired) electrons. The number of rotatable bonds is 11. The Morgan fingerprint density at radius 2 is 0.898 bits per heavy atom. The second-order valence-corrected chi connectivity index (χ2v) is 10.8. The first-order chi connectivity index (χ1) is 22.9. The second kappa shape index (κ2) is 21.8. The Balaban J connectivity index is 0.000000404. The van der Waals surface area contributed by atoms with Crippen LogP contribution in [0.1, 0.15) is 84.2 Å². The van der Waals surface area contributed by atoms with Gasteiger partial charge in [-0.3, -0.25) is 9.98 Å². The topological polar surface area (TPSA) is 186 Å². The summed E-state index contributed by atoms with van der Waals surface area (Å²) >= 11 is 0. The maximum atomic E-state index is 10.4. The van der Waals surface area contributed by atoms with Gasteiger partial charge in [0, 0.05) is 11.1 Å². The van der Waals surface area contributed by atoms with Gasteiger partial charge in [-0.2, -0.15) is 0 Å². The zero-order chi connectivity index (χ0) is 35.6. The first-order valence-corrected chi connectivity index (χ1v) is 15.6. The Labute approximate surface area is 300 Å². The quantitative estimate of drug-likeness (QED) is 0.0763. The summed E-state index contributed by atoms with van der Waals surface area (Å²) in [4.78, 5) is 30.7. The molecule has 0 unspecified atom stereocenters. The Morgan fingerprint density at radius 1 is 0.571 bits per heavy atom. The molecule has 0 bridgehead atoms. The third-order valence-electron chi connectivity index (χ3n) is 7.05. The van der Waals surface area contributed by atoms with E-state index < -0.39 is 34.9 Å². The average molecular weight is 761 g/mol. The first kappa shape index (κ1) is 42.0. The molecule has 0 saturated carbocycles. The predicted octanol–water partition coefficient (Wildman–Crippen LogP) is 6.45. The molecule has 4 aromatic rings. The SMILES string of the molecule is CCCCC(=Nc1ccccc1)C(CCCC)=Nc1ccccc1.Cc1ccc(O)c(O)c1C(=O)[O-].Cc1ccc(O)c(O)c1C(=O)[O-].[Pd+2]. The summed E-state index contributed by atoms with van der Waals surface area (Å²) in [7, 11) is 0. The van der Waals surface area contributed by atoms with Crippen LogP contribution in [0.3, 0.4) is 0 Å². The van der Waals surface area contributed by atoms with Crippen molar-refractivity contribution in [3.63, 3.8) is 0 Å². The van der Waals surface area contributed by atoms with E-state index in [2.05, 4.69) is 38.1 Å². The number of aryl methyl sites for hydroxylation is 2. The van der Waals surface area contributed by atoms with E-state index in [0.717, 1.165) is 48.5 Å². The Morgan fingerprint density at radius 3 is 1.16 bits per heavy atom. The fourth-order valence-corrected chi connectivity index (χ4v) is 4.41. The summed E-state index contributed by atoms with van der Waals surface area (Å²) in [6, 6.07) is 25.7. The van der Waals surface area contributed by atoms with Crippen molar-refractivity contribution in [2.24, 2.45) is 9.98 Å². The van der Waals surface area contributed by atoms with E-state index in [1.165, 1.54) is 51.0 Å². The molecule has 0 aliphatic carbocycles. The van der Waals surface area contributed by atoms with E-state index in [9.17, 15) is 19.8 Å². The molecule has 0 heterocycles. The molecule has 0 amide bonds. The largest absolute Gasteiger partial charge is 2.00 e. The number of carbonyl (C=O) groups excluding carboxylic acids is 2. The monoisotopic (exact) mass is 760 g/mol. The molecular formula is C38H42N2O8Pd. The molecule has 4 aromatic carbocycles. The number of aliphatic imine (C=N–C) groups is 2. The zero-order valence-corrected chi connectivity index (χ0v) is 29.5. The van der Waals surface area contributed by atoms with Crippen molar-refractivity contribution in [2.75, 3.05) is 0 Å². The standard InChI is InChI=1S/C22H28N2.2C8H8O4.Pd/c1-3-5-17-21(23-19-13-9-7-10-14-19)22(18-6-4-2)24-20-15-11-8-12-16-20;2*1-4-2-3-5(9)7(10)6(4)8(11)12;/h7-16H,3-6,17-18H2,1-2H3;2*2-3,9-10H,1H3,(H,11,12);/q;;;+2/p-2. The minimum atomic E-state index is -1.50. The van der Waals surface area contributed by atoms with Gasteiger partial charge in [-0.05, 0) is 87.1 Å². The number of hydrogen-bond acceptors (Lipinski definition) is 10. The molecule has 0 spiro atoms. The van der Waals surface area contributed by atoms with Gasteiger partial charge in [-0.25, -0.2) is 0 Å². The molecule has 11 heteroatoms. The maximum absolute atomic E-state index is 10.4. The van der Waals surface area contributed by atoms with E-state index in [-0.39, 0.29) is 31.5 Å². The number of unbranched alkanes of at least 4 members (excludes halogenated alkanes) is 2. The molecule has 0 aliphatic rings. The molecule has 10 nitrogen and oxygen atoms in total. The van der Waals surface area contributed by atoms with Gasteiger partial charge < -0.3 is 40.2 Å². The number of hydrogen-bond donors (Lipinski definition) is 4. The van der Waals surface area contributed by atoms with E-state index in [0.29, 0.717) is 11.1 Å². The minimum Gasteiger partial charge on any atom is -0.545 e. The van der Waals surface area contributed by atoms with Crippen molar-refractivity contribution in [3.05, 3.63) is 107 Å². The van der Waals surface area contributed by atoms with E-state index in [1.54, 1.807) is 0 Å².